The zero-order valence-electron chi connectivity index (χ0n) is 34.7. The molecule has 5 aliphatic rings. The Morgan fingerprint density at radius 3 is 1.08 bits per heavy atom. The normalized spacial score (nSPS) is 34.2. The van der Waals surface area contributed by atoms with Gasteiger partial charge in [0.2, 0.25) is 0 Å². The minimum absolute atomic E-state index is 0.509. The van der Waals surface area contributed by atoms with Crippen molar-refractivity contribution in [3.8, 4) is 5.75 Å². The van der Waals surface area contributed by atoms with Gasteiger partial charge in [-0.3, -0.25) is 0 Å². The van der Waals surface area contributed by atoms with Gasteiger partial charge >= 0.3 is 0 Å². The van der Waals surface area contributed by atoms with Gasteiger partial charge in [0, 0.05) is 0 Å². The number of phenolic OH excluding ortho intramolecular Hbond substituents is 1. The summed E-state index contributed by atoms with van der Waals surface area (Å²) in [4.78, 5) is 0. The highest BCUT2D eigenvalue weighted by molar-refractivity contribution is 5.53. The van der Waals surface area contributed by atoms with E-state index >= 15 is 0 Å². The second kappa shape index (κ2) is 20.5. The topological polar surface area (TPSA) is 20.2 Å². The lowest BCUT2D eigenvalue weighted by molar-refractivity contribution is 0.166. The molecule has 0 amide bonds. The third kappa shape index (κ3) is 12.6. The molecule has 0 saturated heterocycles. The Hall–Kier alpha value is -1.38. The van der Waals surface area contributed by atoms with E-state index in [0.717, 1.165) is 70.5 Å². The molecule has 5 fully saturated rings. The molecular formula is C49H80F2O. The number of allylic oxidation sites excluding steroid dienone is 1. The minimum atomic E-state index is -1.49. The molecule has 52 heavy (non-hydrogen) atoms. The molecule has 5 saturated carbocycles. The van der Waals surface area contributed by atoms with Gasteiger partial charge in [-0.1, -0.05) is 117 Å². The Kier molecular flexibility index (Phi) is 16.5. The summed E-state index contributed by atoms with van der Waals surface area (Å²) in [6, 6.07) is 0. The number of rotatable bonds is 10. The molecule has 0 aromatic heterocycles. The molecule has 296 valence electrons. The summed E-state index contributed by atoms with van der Waals surface area (Å²) in [6.07, 6.45) is 34.3. The van der Waals surface area contributed by atoms with Gasteiger partial charge in [0.1, 0.15) is 5.75 Å². The number of hydrogen-bond acceptors (Lipinski definition) is 1. The average Bonchev–Trinajstić information content (AvgIpc) is 3.15. The first-order chi connectivity index (χ1) is 24.9. The van der Waals surface area contributed by atoms with Crippen LogP contribution in [0, 0.1) is 86.9 Å². The first-order valence-corrected chi connectivity index (χ1v) is 22.7. The van der Waals surface area contributed by atoms with Gasteiger partial charge in [0.05, 0.1) is 0 Å². The van der Waals surface area contributed by atoms with E-state index in [1.807, 2.05) is 0 Å². The molecule has 0 unspecified atom stereocenters. The van der Waals surface area contributed by atoms with Crippen molar-refractivity contribution in [1.82, 2.24) is 0 Å². The van der Waals surface area contributed by atoms with E-state index in [1.165, 1.54) is 171 Å². The van der Waals surface area contributed by atoms with Crippen LogP contribution in [-0.4, -0.2) is 5.11 Å². The zero-order chi connectivity index (χ0) is 37.2. The first kappa shape index (κ1) is 41.8. The average molecular weight is 723 g/mol. The number of phenols is 1. The van der Waals surface area contributed by atoms with E-state index in [1.54, 1.807) is 0 Å². The lowest BCUT2D eigenvalue weighted by atomic mass is 9.70. The highest BCUT2D eigenvalue weighted by Crippen LogP contribution is 2.43. The number of hydrogen-bond donors (Lipinski definition) is 1. The van der Waals surface area contributed by atoms with Gasteiger partial charge in [0.25, 0.3) is 6.08 Å². The Balaban J connectivity index is 0.000000201. The molecule has 1 aromatic carbocycles. The molecule has 3 heteroatoms. The van der Waals surface area contributed by atoms with Crippen LogP contribution < -0.4 is 0 Å². The van der Waals surface area contributed by atoms with E-state index < -0.39 is 6.08 Å². The number of aromatic hydroxyl groups is 1. The Morgan fingerprint density at radius 2 is 0.750 bits per heavy atom. The molecule has 0 radical (unpaired) electrons. The summed E-state index contributed by atoms with van der Waals surface area (Å²) in [5, 5.41) is 10.3. The molecular weight excluding hydrogens is 643 g/mol. The molecule has 5 aliphatic carbocycles. The van der Waals surface area contributed by atoms with Gasteiger partial charge in [-0.05, 0) is 179 Å². The smallest absolute Gasteiger partial charge is 0.266 e. The van der Waals surface area contributed by atoms with Gasteiger partial charge in [-0.2, -0.15) is 8.78 Å². The maximum Gasteiger partial charge on any atom is 0.266 e. The van der Waals surface area contributed by atoms with Crippen molar-refractivity contribution in [1.29, 1.82) is 0 Å². The van der Waals surface area contributed by atoms with Crippen molar-refractivity contribution in [3.63, 3.8) is 0 Å². The Morgan fingerprint density at radius 1 is 0.462 bits per heavy atom. The third-order valence-corrected chi connectivity index (χ3v) is 16.0. The molecule has 0 bridgehead atoms. The van der Waals surface area contributed by atoms with Crippen LogP contribution in [0.2, 0.25) is 0 Å². The lowest BCUT2D eigenvalue weighted by Crippen LogP contribution is -2.22. The standard InChI is InChI=1S/C25H40O.C24H40F2/c1-16-6-8-21(9-7-16)14-22-10-12-23(13-11-22)15-24-17(2)19(4)25(26)20(5)18(24)3;1-18-2-4-20(5-3-18)16-22-10-12-23(13-11-22)17-21-8-6-19(7-9-21)14-15-24(25)26/h16,21-23,26H,6-15H2,1-5H3;15,18-23H,2-14,16-17H2,1H3. The van der Waals surface area contributed by atoms with Crippen LogP contribution in [0.15, 0.2) is 12.2 Å². The van der Waals surface area contributed by atoms with Crippen LogP contribution in [0.5, 0.6) is 5.75 Å². The van der Waals surface area contributed by atoms with Crippen molar-refractivity contribution in [3.05, 3.63) is 40.0 Å². The predicted octanol–water partition coefficient (Wildman–Crippen LogP) is 15.6. The molecule has 1 nitrogen and oxygen atoms in total. The van der Waals surface area contributed by atoms with Crippen LogP contribution in [0.3, 0.4) is 0 Å². The van der Waals surface area contributed by atoms with Gasteiger partial charge in [-0.25, -0.2) is 0 Å². The van der Waals surface area contributed by atoms with E-state index in [2.05, 4.69) is 41.5 Å². The molecule has 1 aromatic rings. The molecule has 1 N–H and O–H groups in total. The Bertz CT molecular complexity index is 1190. The van der Waals surface area contributed by atoms with Crippen molar-refractivity contribution in [2.24, 2.45) is 59.2 Å². The fraction of sp³-hybridized carbons (Fsp3) is 0.837. The van der Waals surface area contributed by atoms with Gasteiger partial charge < -0.3 is 5.11 Å². The number of benzene rings is 1. The summed E-state index contributed by atoms with van der Waals surface area (Å²) in [6.45, 7) is 13.4. The first-order valence-electron chi connectivity index (χ1n) is 22.7. The van der Waals surface area contributed by atoms with Crippen LogP contribution in [0.1, 0.15) is 196 Å². The SMILES string of the molecule is CC1CCC(CC2CCC(CC3CCC(CC=C(F)F)CC3)CC2)CC1.Cc1c(C)c(CC2CCC(CC3CCC(C)CC3)CC2)c(C)c(C)c1O. The highest BCUT2D eigenvalue weighted by Gasteiger charge is 2.30. The van der Waals surface area contributed by atoms with Crippen molar-refractivity contribution >= 4 is 0 Å². The molecule has 0 spiro atoms. The summed E-state index contributed by atoms with van der Waals surface area (Å²) in [5.74, 6) is 9.74. The van der Waals surface area contributed by atoms with Crippen LogP contribution in [0.25, 0.3) is 0 Å². The van der Waals surface area contributed by atoms with Gasteiger partial charge in [-0.15, -0.1) is 0 Å². The highest BCUT2D eigenvalue weighted by atomic mass is 19.3. The second-order valence-electron chi connectivity index (χ2n) is 19.9. The molecule has 0 aliphatic heterocycles. The fourth-order valence-corrected chi connectivity index (χ4v) is 11.8. The number of halogens is 2. The van der Waals surface area contributed by atoms with E-state index in [9.17, 15) is 13.9 Å². The fourth-order valence-electron chi connectivity index (χ4n) is 11.8. The van der Waals surface area contributed by atoms with Crippen LogP contribution >= 0.6 is 0 Å². The molecule has 0 heterocycles. The summed E-state index contributed by atoms with van der Waals surface area (Å²) < 4.78 is 24.5. The van der Waals surface area contributed by atoms with E-state index in [4.69, 9.17) is 0 Å². The van der Waals surface area contributed by atoms with Crippen LogP contribution in [0.4, 0.5) is 8.78 Å². The van der Waals surface area contributed by atoms with Crippen LogP contribution in [-0.2, 0) is 6.42 Å². The Labute approximate surface area is 320 Å². The summed E-state index contributed by atoms with van der Waals surface area (Å²) >= 11 is 0. The minimum Gasteiger partial charge on any atom is -0.507 e. The van der Waals surface area contributed by atoms with Crippen molar-refractivity contribution in [2.75, 3.05) is 0 Å². The maximum absolute atomic E-state index is 12.2. The molecule has 6 rings (SSSR count). The monoisotopic (exact) mass is 723 g/mol. The summed E-state index contributed by atoms with van der Waals surface area (Å²) in [7, 11) is 0. The maximum atomic E-state index is 12.2. The van der Waals surface area contributed by atoms with E-state index in [-0.39, 0.29) is 0 Å². The lowest BCUT2D eigenvalue weighted by Gasteiger charge is -2.36. The van der Waals surface area contributed by atoms with E-state index in [0.29, 0.717) is 18.1 Å². The summed E-state index contributed by atoms with van der Waals surface area (Å²) in [5.41, 5.74) is 6.34. The second-order valence-corrected chi connectivity index (χ2v) is 19.9. The quantitative estimate of drug-likeness (QED) is 0.255. The largest absolute Gasteiger partial charge is 0.507 e. The van der Waals surface area contributed by atoms with Crippen molar-refractivity contribution in [2.45, 2.75) is 202 Å². The van der Waals surface area contributed by atoms with Gasteiger partial charge in [0.15, 0.2) is 0 Å². The molecule has 0 atom stereocenters. The van der Waals surface area contributed by atoms with Crippen molar-refractivity contribution < 1.29 is 13.9 Å². The predicted molar refractivity (Wildman–Crippen MR) is 218 cm³/mol. The third-order valence-electron chi connectivity index (χ3n) is 16.0. The zero-order valence-corrected chi connectivity index (χ0v) is 34.7.